The maximum Gasteiger partial charge on any atom is 0.328 e. The molecule has 1 atom stereocenters. The molecule has 0 unspecified atom stereocenters. The molecule has 0 aliphatic rings. The van der Waals surface area contributed by atoms with Crippen molar-refractivity contribution in [2.24, 2.45) is 0 Å². The number of aromatic hydroxyl groups is 1. The number of benzene rings is 2. The van der Waals surface area contributed by atoms with Crippen LogP contribution in [0.15, 0.2) is 42.5 Å². The van der Waals surface area contributed by atoms with Crippen LogP contribution in [-0.2, 0) is 22.4 Å². The van der Waals surface area contributed by atoms with Gasteiger partial charge in [-0.15, -0.1) is 0 Å². The van der Waals surface area contributed by atoms with Gasteiger partial charge in [-0.3, -0.25) is 4.79 Å². The predicted octanol–water partition coefficient (Wildman–Crippen LogP) is 3.49. The number of phenols is 1. The topological polar surface area (TPSA) is 87.7 Å². The quantitative estimate of drug-likeness (QED) is 0.373. The maximum atomic E-state index is 12.7. The normalized spacial score (nSPS) is 11.7. The summed E-state index contributed by atoms with van der Waals surface area (Å²) in [4.78, 5) is 24.9. The molecule has 30 heavy (non-hydrogen) atoms. The van der Waals surface area contributed by atoms with Crippen molar-refractivity contribution in [3.8, 4) is 5.75 Å². The fraction of sp³-hybridized carbons (Fsp3) is 0.391. The Balaban J connectivity index is 2.08. The molecule has 0 saturated carbocycles. The molecule has 0 radical (unpaired) electrons. The van der Waals surface area contributed by atoms with Crippen LogP contribution in [-0.4, -0.2) is 43.7 Å². The van der Waals surface area contributed by atoms with Crippen LogP contribution >= 0.6 is 11.6 Å². The molecular formula is C23H29ClN2O4. The minimum atomic E-state index is -0.880. The Morgan fingerprint density at radius 1 is 1.13 bits per heavy atom. The van der Waals surface area contributed by atoms with Crippen molar-refractivity contribution in [2.75, 3.05) is 20.7 Å². The Morgan fingerprint density at radius 2 is 1.87 bits per heavy atom. The van der Waals surface area contributed by atoms with Gasteiger partial charge < -0.3 is 20.5 Å². The van der Waals surface area contributed by atoms with Gasteiger partial charge in [0.2, 0.25) is 0 Å². The Bertz CT molecular complexity index is 843. The number of methoxy groups -OCH3 is 1. The summed E-state index contributed by atoms with van der Waals surface area (Å²) in [6, 6.07) is 11.4. The van der Waals surface area contributed by atoms with Crippen LogP contribution in [0.1, 0.15) is 40.7 Å². The molecule has 0 aromatic heterocycles. The van der Waals surface area contributed by atoms with Crippen molar-refractivity contribution in [1.82, 2.24) is 10.6 Å². The van der Waals surface area contributed by atoms with Crippen LogP contribution < -0.4 is 10.6 Å². The summed E-state index contributed by atoms with van der Waals surface area (Å²) in [5.41, 5.74) is 1.70. The Kier molecular flexibility index (Phi) is 9.64. The summed E-state index contributed by atoms with van der Waals surface area (Å²) in [6.45, 7) is 0.961. The number of aryl methyl sites for hydroxylation is 1. The third-order valence-corrected chi connectivity index (χ3v) is 5.21. The smallest absolute Gasteiger partial charge is 0.328 e. The second-order valence-electron chi connectivity index (χ2n) is 7.11. The van der Waals surface area contributed by atoms with Crippen LogP contribution in [0.2, 0.25) is 5.02 Å². The molecule has 2 aromatic carbocycles. The van der Waals surface area contributed by atoms with Gasteiger partial charge in [-0.2, -0.15) is 0 Å². The minimum absolute atomic E-state index is 0.0286. The minimum Gasteiger partial charge on any atom is -0.507 e. The van der Waals surface area contributed by atoms with Gasteiger partial charge in [-0.05, 0) is 56.1 Å². The second kappa shape index (κ2) is 12.2. The number of carbonyl (C=O) groups excluding carboxylic acids is 2. The van der Waals surface area contributed by atoms with Gasteiger partial charge >= 0.3 is 5.97 Å². The first kappa shape index (κ1) is 23.7. The van der Waals surface area contributed by atoms with Crippen LogP contribution in [0.3, 0.4) is 0 Å². The molecule has 3 N–H and O–H groups in total. The van der Waals surface area contributed by atoms with E-state index in [0.29, 0.717) is 5.02 Å². The average molecular weight is 433 g/mol. The van der Waals surface area contributed by atoms with Gasteiger partial charge in [0.1, 0.15) is 11.8 Å². The van der Waals surface area contributed by atoms with E-state index < -0.39 is 17.9 Å². The summed E-state index contributed by atoms with van der Waals surface area (Å²) < 4.78 is 4.82. The molecular weight excluding hydrogens is 404 g/mol. The van der Waals surface area contributed by atoms with Gasteiger partial charge in [0.05, 0.1) is 12.7 Å². The Morgan fingerprint density at radius 3 is 2.53 bits per heavy atom. The van der Waals surface area contributed by atoms with E-state index >= 15 is 0 Å². The lowest BCUT2D eigenvalue weighted by Crippen LogP contribution is -2.43. The van der Waals surface area contributed by atoms with E-state index in [2.05, 4.69) is 10.6 Å². The van der Waals surface area contributed by atoms with E-state index in [1.807, 2.05) is 37.4 Å². The molecule has 0 bridgehead atoms. The van der Waals surface area contributed by atoms with Gasteiger partial charge in [0.25, 0.3) is 5.91 Å². The predicted molar refractivity (Wildman–Crippen MR) is 118 cm³/mol. The van der Waals surface area contributed by atoms with Crippen molar-refractivity contribution in [3.05, 3.63) is 64.2 Å². The number of halogens is 1. The van der Waals surface area contributed by atoms with Crippen molar-refractivity contribution in [1.29, 1.82) is 0 Å². The molecule has 0 saturated heterocycles. The summed E-state index contributed by atoms with van der Waals surface area (Å²) in [5, 5.41) is 16.6. The molecule has 6 nitrogen and oxygen atoms in total. The second-order valence-corrected chi connectivity index (χ2v) is 7.52. The fourth-order valence-corrected chi connectivity index (χ4v) is 3.45. The van der Waals surface area contributed by atoms with Gasteiger partial charge in [-0.1, -0.05) is 48.4 Å². The molecule has 0 fully saturated rings. The summed E-state index contributed by atoms with van der Waals surface area (Å²) >= 11 is 6.35. The van der Waals surface area contributed by atoms with E-state index in [4.69, 9.17) is 16.3 Å². The van der Waals surface area contributed by atoms with E-state index in [9.17, 15) is 14.7 Å². The molecule has 1 amide bonds. The standard InChI is InChI=1S/C23H29ClN2O4/c1-25-12-8-4-7-11-17-14-21(27)18(15-19(17)24)22(28)26-20(23(29)30-2)13-16-9-5-3-6-10-16/h3,5-6,9-10,14-15,20,25,27H,4,7-8,11-13H2,1-2H3,(H,26,28)/t20-/m0/s1. The summed E-state index contributed by atoms with van der Waals surface area (Å²) in [5.74, 6) is -1.30. The highest BCUT2D eigenvalue weighted by atomic mass is 35.5. The monoisotopic (exact) mass is 432 g/mol. The molecule has 2 rings (SSSR count). The average Bonchev–Trinajstić information content (AvgIpc) is 2.75. The van der Waals surface area contributed by atoms with Gasteiger partial charge in [0, 0.05) is 11.4 Å². The van der Waals surface area contributed by atoms with Gasteiger partial charge in [0.15, 0.2) is 0 Å². The van der Waals surface area contributed by atoms with Crippen molar-refractivity contribution in [2.45, 2.75) is 38.1 Å². The lowest BCUT2D eigenvalue weighted by molar-refractivity contribution is -0.142. The van der Waals surface area contributed by atoms with E-state index in [1.54, 1.807) is 0 Å². The molecule has 0 spiro atoms. The van der Waals surface area contributed by atoms with Crippen molar-refractivity contribution in [3.63, 3.8) is 0 Å². The number of esters is 1. The van der Waals surface area contributed by atoms with Gasteiger partial charge in [-0.25, -0.2) is 4.79 Å². The zero-order chi connectivity index (χ0) is 21.9. The maximum absolute atomic E-state index is 12.7. The molecule has 0 aliphatic carbocycles. The number of ether oxygens (including phenoxy) is 1. The number of rotatable bonds is 11. The SMILES string of the molecule is CNCCCCCc1cc(O)c(C(=O)N[C@@H](Cc2ccccc2)C(=O)OC)cc1Cl. The van der Waals surface area contributed by atoms with Crippen LogP contribution in [0, 0.1) is 0 Å². The van der Waals surface area contributed by atoms with Crippen molar-refractivity contribution >= 4 is 23.5 Å². The van der Waals surface area contributed by atoms with Crippen molar-refractivity contribution < 1.29 is 19.4 Å². The zero-order valence-corrected chi connectivity index (χ0v) is 18.2. The van der Waals surface area contributed by atoms with E-state index in [1.165, 1.54) is 19.2 Å². The molecule has 7 heteroatoms. The number of amides is 1. The number of hydrogen-bond acceptors (Lipinski definition) is 5. The number of hydrogen-bond donors (Lipinski definition) is 3. The highest BCUT2D eigenvalue weighted by Crippen LogP contribution is 2.28. The Labute approximate surface area is 182 Å². The highest BCUT2D eigenvalue weighted by Gasteiger charge is 2.24. The molecule has 2 aromatic rings. The lowest BCUT2D eigenvalue weighted by atomic mass is 10.0. The molecule has 162 valence electrons. The first-order valence-corrected chi connectivity index (χ1v) is 10.4. The Hall–Kier alpha value is -2.57. The largest absolute Gasteiger partial charge is 0.507 e. The van der Waals surface area contributed by atoms with Crippen LogP contribution in [0.4, 0.5) is 0 Å². The van der Waals surface area contributed by atoms with E-state index in [-0.39, 0.29) is 17.7 Å². The molecule has 0 aliphatic heterocycles. The molecule has 0 heterocycles. The van der Waals surface area contributed by atoms with Crippen LogP contribution in [0.5, 0.6) is 5.75 Å². The number of phenolic OH excluding ortho intramolecular Hbond substituents is 1. The first-order valence-electron chi connectivity index (χ1n) is 10.0. The fourth-order valence-electron chi connectivity index (χ4n) is 3.19. The zero-order valence-electron chi connectivity index (χ0n) is 17.4. The van der Waals surface area contributed by atoms with E-state index in [0.717, 1.165) is 43.4 Å². The highest BCUT2D eigenvalue weighted by molar-refractivity contribution is 6.31. The first-order chi connectivity index (χ1) is 14.5. The third kappa shape index (κ3) is 7.04. The number of nitrogens with one attached hydrogen (secondary N) is 2. The lowest BCUT2D eigenvalue weighted by Gasteiger charge is -2.17. The number of unbranched alkanes of at least 4 members (excludes halogenated alkanes) is 2. The summed E-state index contributed by atoms with van der Waals surface area (Å²) in [7, 11) is 3.19. The third-order valence-electron chi connectivity index (χ3n) is 4.86. The summed E-state index contributed by atoms with van der Waals surface area (Å²) in [6.07, 6.45) is 4.04. The van der Waals surface area contributed by atoms with Crippen LogP contribution in [0.25, 0.3) is 0 Å². The number of carbonyl (C=O) groups is 2.